The molecule has 1 aliphatic carbocycles. The van der Waals surface area contributed by atoms with Gasteiger partial charge in [-0.3, -0.25) is 0 Å². The number of thioether (sulfide) groups is 1. The van der Waals surface area contributed by atoms with E-state index in [1.54, 1.807) is 6.07 Å². The topological polar surface area (TPSA) is 26.0 Å². The smallest absolute Gasteiger partial charge is 0.288 e. The summed E-state index contributed by atoms with van der Waals surface area (Å²) < 4.78 is 24.8. The molecule has 1 aromatic rings. The number of hydrogen-bond donors (Lipinski definition) is 1. The Labute approximate surface area is 111 Å². The summed E-state index contributed by atoms with van der Waals surface area (Å²) in [5.41, 5.74) is 7.11. The Morgan fingerprint density at radius 1 is 1.22 bits per heavy atom. The van der Waals surface area contributed by atoms with Crippen molar-refractivity contribution in [1.29, 1.82) is 0 Å². The highest BCUT2D eigenvalue weighted by Gasteiger charge is 2.32. The summed E-state index contributed by atoms with van der Waals surface area (Å²) in [7, 11) is 0. The molecule has 18 heavy (non-hydrogen) atoms. The zero-order valence-electron chi connectivity index (χ0n) is 10.4. The van der Waals surface area contributed by atoms with Crippen molar-refractivity contribution in [2.75, 3.05) is 6.54 Å². The maximum Gasteiger partial charge on any atom is 0.288 e. The molecule has 0 bridgehead atoms. The van der Waals surface area contributed by atoms with Crippen LogP contribution in [0.2, 0.25) is 0 Å². The molecule has 0 aromatic heterocycles. The first-order chi connectivity index (χ1) is 8.66. The molecule has 0 saturated heterocycles. The maximum absolute atomic E-state index is 12.4. The van der Waals surface area contributed by atoms with Gasteiger partial charge in [0.25, 0.3) is 5.76 Å². The summed E-state index contributed by atoms with van der Waals surface area (Å²) in [6, 6.07) is 7.54. The Morgan fingerprint density at radius 2 is 1.94 bits per heavy atom. The molecule has 1 fully saturated rings. The number of rotatable bonds is 4. The summed E-state index contributed by atoms with van der Waals surface area (Å²) in [5.74, 6) is -2.36. The van der Waals surface area contributed by atoms with E-state index in [-0.39, 0.29) is 5.41 Å². The van der Waals surface area contributed by atoms with Gasteiger partial charge in [0, 0.05) is 16.9 Å². The van der Waals surface area contributed by atoms with E-state index < -0.39 is 5.76 Å². The third kappa shape index (κ3) is 3.04. The molecule has 2 rings (SSSR count). The summed E-state index contributed by atoms with van der Waals surface area (Å²) in [6.45, 7) is 0.607. The van der Waals surface area contributed by atoms with Crippen molar-refractivity contribution in [3.63, 3.8) is 0 Å². The first kappa shape index (κ1) is 13.8. The maximum atomic E-state index is 12.4. The van der Waals surface area contributed by atoms with Gasteiger partial charge in [-0.2, -0.15) is 8.78 Å². The molecule has 0 unspecified atom stereocenters. The molecule has 100 valence electrons. The van der Waals surface area contributed by atoms with Crippen molar-refractivity contribution in [2.24, 2.45) is 5.73 Å². The predicted octanol–water partition coefficient (Wildman–Crippen LogP) is 4.16. The minimum atomic E-state index is -2.36. The van der Waals surface area contributed by atoms with Gasteiger partial charge < -0.3 is 5.73 Å². The number of hydrogen-bond acceptors (Lipinski definition) is 2. The van der Waals surface area contributed by atoms with Crippen LogP contribution in [0.4, 0.5) is 8.78 Å². The standard InChI is InChI=1S/C14H19F2NS/c15-13(16)18-12-6-4-5-11(9-12)14(10-17)7-2-1-3-8-14/h4-6,9,13H,1-3,7-8,10,17H2. The van der Waals surface area contributed by atoms with Crippen molar-refractivity contribution in [2.45, 2.75) is 48.2 Å². The summed E-state index contributed by atoms with van der Waals surface area (Å²) in [4.78, 5) is 0.640. The van der Waals surface area contributed by atoms with Crippen molar-refractivity contribution in [1.82, 2.24) is 0 Å². The molecule has 0 aliphatic heterocycles. The minimum absolute atomic E-state index is 0.0109. The Bertz CT molecular complexity index is 389. The lowest BCUT2D eigenvalue weighted by atomic mass is 9.69. The van der Waals surface area contributed by atoms with Crippen LogP contribution in [0, 0.1) is 0 Å². The monoisotopic (exact) mass is 271 g/mol. The lowest BCUT2D eigenvalue weighted by molar-refractivity contribution is 0.252. The van der Waals surface area contributed by atoms with E-state index in [4.69, 9.17) is 5.73 Å². The third-order valence-corrected chi connectivity index (χ3v) is 4.58. The molecule has 0 radical (unpaired) electrons. The summed E-state index contributed by atoms with van der Waals surface area (Å²) in [6.07, 6.45) is 5.78. The van der Waals surface area contributed by atoms with Crippen LogP contribution < -0.4 is 5.73 Å². The fourth-order valence-corrected chi connectivity index (χ4v) is 3.40. The molecular formula is C14H19F2NS. The molecule has 0 amide bonds. The van der Waals surface area contributed by atoms with Crippen LogP contribution in [0.3, 0.4) is 0 Å². The molecule has 4 heteroatoms. The quantitative estimate of drug-likeness (QED) is 0.832. The SMILES string of the molecule is NCC1(c2cccc(SC(F)F)c2)CCCCC1. The molecule has 0 spiro atoms. The van der Waals surface area contributed by atoms with Gasteiger partial charge in [-0.05, 0) is 30.5 Å². The van der Waals surface area contributed by atoms with Crippen LogP contribution in [0.1, 0.15) is 37.7 Å². The summed E-state index contributed by atoms with van der Waals surface area (Å²) in [5, 5.41) is 0. The van der Waals surface area contributed by atoms with E-state index in [1.165, 1.54) is 19.3 Å². The van der Waals surface area contributed by atoms with Crippen LogP contribution in [0.15, 0.2) is 29.2 Å². The Morgan fingerprint density at radius 3 is 2.56 bits per heavy atom. The second-order valence-corrected chi connectivity index (χ2v) is 6.01. The zero-order chi connectivity index (χ0) is 13.0. The zero-order valence-corrected chi connectivity index (χ0v) is 11.2. The molecule has 1 aromatic carbocycles. The van der Waals surface area contributed by atoms with Gasteiger partial charge in [-0.1, -0.05) is 43.2 Å². The molecule has 2 N–H and O–H groups in total. The number of halogens is 2. The van der Waals surface area contributed by atoms with Crippen LogP contribution in [-0.4, -0.2) is 12.3 Å². The van der Waals surface area contributed by atoms with Gasteiger partial charge in [0.2, 0.25) is 0 Å². The first-order valence-electron chi connectivity index (χ1n) is 6.42. The van der Waals surface area contributed by atoms with Gasteiger partial charge >= 0.3 is 0 Å². The molecule has 1 nitrogen and oxygen atoms in total. The second kappa shape index (κ2) is 6.02. The van der Waals surface area contributed by atoms with Crippen molar-refractivity contribution < 1.29 is 8.78 Å². The number of alkyl halides is 2. The van der Waals surface area contributed by atoms with Gasteiger partial charge in [0.15, 0.2) is 0 Å². The van der Waals surface area contributed by atoms with Gasteiger partial charge in [-0.15, -0.1) is 0 Å². The molecular weight excluding hydrogens is 252 g/mol. The highest BCUT2D eigenvalue weighted by Crippen LogP contribution is 2.40. The third-order valence-electron chi connectivity index (χ3n) is 3.87. The predicted molar refractivity (Wildman–Crippen MR) is 72.1 cm³/mol. The van der Waals surface area contributed by atoms with E-state index in [2.05, 4.69) is 0 Å². The van der Waals surface area contributed by atoms with Crippen molar-refractivity contribution in [3.05, 3.63) is 29.8 Å². The molecule has 1 aliphatic rings. The molecule has 0 atom stereocenters. The number of nitrogens with two attached hydrogens (primary N) is 1. The molecule has 0 heterocycles. The lowest BCUT2D eigenvalue weighted by Crippen LogP contribution is -2.37. The fourth-order valence-electron chi connectivity index (χ4n) is 2.84. The normalized spacial score (nSPS) is 19.1. The molecule has 1 saturated carbocycles. The lowest BCUT2D eigenvalue weighted by Gasteiger charge is -2.37. The fraction of sp³-hybridized carbons (Fsp3) is 0.571. The van der Waals surface area contributed by atoms with E-state index in [0.29, 0.717) is 23.2 Å². The average Bonchev–Trinajstić information content (AvgIpc) is 2.39. The second-order valence-electron chi connectivity index (χ2n) is 4.95. The highest BCUT2D eigenvalue weighted by molar-refractivity contribution is 7.99. The van der Waals surface area contributed by atoms with E-state index in [0.717, 1.165) is 18.4 Å². The van der Waals surface area contributed by atoms with E-state index in [1.807, 2.05) is 18.2 Å². The van der Waals surface area contributed by atoms with E-state index >= 15 is 0 Å². The summed E-state index contributed by atoms with van der Waals surface area (Å²) >= 11 is 0.612. The van der Waals surface area contributed by atoms with Crippen molar-refractivity contribution >= 4 is 11.8 Å². The Hall–Kier alpha value is -0.610. The van der Waals surface area contributed by atoms with Gasteiger partial charge in [0.05, 0.1) is 0 Å². The largest absolute Gasteiger partial charge is 0.330 e. The average molecular weight is 271 g/mol. The Kier molecular flexibility index (Phi) is 4.62. The van der Waals surface area contributed by atoms with Crippen molar-refractivity contribution in [3.8, 4) is 0 Å². The van der Waals surface area contributed by atoms with Gasteiger partial charge in [0.1, 0.15) is 0 Å². The van der Waals surface area contributed by atoms with Crippen LogP contribution >= 0.6 is 11.8 Å². The number of benzene rings is 1. The van der Waals surface area contributed by atoms with Crippen LogP contribution in [-0.2, 0) is 5.41 Å². The minimum Gasteiger partial charge on any atom is -0.330 e. The Balaban J connectivity index is 2.25. The first-order valence-corrected chi connectivity index (χ1v) is 7.30. The van der Waals surface area contributed by atoms with Crippen LogP contribution in [0.5, 0.6) is 0 Å². The van der Waals surface area contributed by atoms with E-state index in [9.17, 15) is 8.78 Å². The van der Waals surface area contributed by atoms with Gasteiger partial charge in [-0.25, -0.2) is 0 Å². The highest BCUT2D eigenvalue weighted by atomic mass is 32.2. The van der Waals surface area contributed by atoms with Crippen LogP contribution in [0.25, 0.3) is 0 Å².